The van der Waals surface area contributed by atoms with Crippen molar-refractivity contribution in [2.45, 2.75) is 42.7 Å². The molecule has 1 saturated carbocycles. The van der Waals surface area contributed by atoms with Crippen molar-refractivity contribution in [1.82, 2.24) is 9.21 Å². The Labute approximate surface area is 177 Å². The number of rotatable bonds is 10. The first-order valence-corrected chi connectivity index (χ1v) is 11.5. The number of carbonyl (C=O) groups excluding carboxylic acids is 1. The van der Waals surface area contributed by atoms with Crippen molar-refractivity contribution in [3.8, 4) is 0 Å². The summed E-state index contributed by atoms with van der Waals surface area (Å²) in [5.74, 6) is -0.583. The number of benzene rings is 2. The number of hydrogen-bond donors (Lipinski definition) is 1. The lowest BCUT2D eigenvalue weighted by Crippen LogP contribution is -2.37. The molecule has 0 spiro atoms. The van der Waals surface area contributed by atoms with Gasteiger partial charge in [-0.25, -0.2) is 17.1 Å². The van der Waals surface area contributed by atoms with Crippen LogP contribution in [0, 0.1) is 5.82 Å². The minimum Gasteiger partial charge on any atom is -0.387 e. The summed E-state index contributed by atoms with van der Waals surface area (Å²) >= 11 is 0. The van der Waals surface area contributed by atoms with E-state index in [0.29, 0.717) is 6.42 Å². The molecule has 3 rings (SSSR count). The van der Waals surface area contributed by atoms with Gasteiger partial charge < -0.3 is 10.0 Å². The molecule has 0 heterocycles. The molecule has 30 heavy (non-hydrogen) atoms. The van der Waals surface area contributed by atoms with Gasteiger partial charge in [0.25, 0.3) is 0 Å². The fourth-order valence-corrected chi connectivity index (χ4v) is 4.52. The van der Waals surface area contributed by atoms with Crippen molar-refractivity contribution in [2.24, 2.45) is 0 Å². The summed E-state index contributed by atoms with van der Waals surface area (Å²) in [6.07, 6.45) is 1.65. The fourth-order valence-electron chi connectivity index (χ4n) is 3.31. The smallest absolute Gasteiger partial charge is 0.242 e. The van der Waals surface area contributed by atoms with E-state index in [-0.39, 0.29) is 36.4 Å². The van der Waals surface area contributed by atoms with Gasteiger partial charge >= 0.3 is 0 Å². The number of hydrogen-bond acceptors (Lipinski definition) is 4. The van der Waals surface area contributed by atoms with E-state index in [4.69, 9.17) is 0 Å². The molecular formula is C22H27FN2O4S. The lowest BCUT2D eigenvalue weighted by molar-refractivity contribution is -0.133. The van der Waals surface area contributed by atoms with Gasteiger partial charge in [-0.05, 0) is 49.1 Å². The van der Waals surface area contributed by atoms with Crippen molar-refractivity contribution in [1.29, 1.82) is 0 Å². The number of aliphatic hydroxyl groups is 1. The molecule has 1 fully saturated rings. The molecule has 1 atom stereocenters. The molecule has 1 aliphatic carbocycles. The molecule has 2 aromatic rings. The molecule has 2 aromatic carbocycles. The first-order valence-electron chi connectivity index (χ1n) is 10.0. The zero-order chi connectivity index (χ0) is 21.7. The first-order chi connectivity index (χ1) is 14.3. The van der Waals surface area contributed by atoms with Crippen LogP contribution in [-0.2, 0) is 14.8 Å². The summed E-state index contributed by atoms with van der Waals surface area (Å²) in [5, 5.41) is 10.5. The maximum absolute atomic E-state index is 13.0. The lowest BCUT2D eigenvalue weighted by atomic mass is 10.1. The van der Waals surface area contributed by atoms with Crippen LogP contribution in [0.2, 0.25) is 0 Å². The Morgan fingerprint density at radius 1 is 1.13 bits per heavy atom. The zero-order valence-electron chi connectivity index (χ0n) is 16.9. The monoisotopic (exact) mass is 434 g/mol. The first kappa shape index (κ1) is 22.4. The summed E-state index contributed by atoms with van der Waals surface area (Å²) in [5.41, 5.74) is 0.765. The molecule has 0 aromatic heterocycles. The van der Waals surface area contributed by atoms with E-state index >= 15 is 0 Å². The standard InChI is InChI=1S/C22H27FN2O4S/c1-24(30(28,29)20-13-9-18(23)10-14-20)15-5-8-22(27)25(19-11-12-19)16-21(26)17-6-3-2-4-7-17/h2-4,6-7,9-10,13-14,19,21,26H,5,8,11-12,15-16H2,1H3/t21-/m0/s1. The highest BCUT2D eigenvalue weighted by Crippen LogP contribution is 2.29. The third kappa shape index (κ3) is 5.65. The van der Waals surface area contributed by atoms with Crippen LogP contribution < -0.4 is 0 Å². The molecule has 1 amide bonds. The van der Waals surface area contributed by atoms with E-state index in [1.165, 1.54) is 23.5 Å². The second-order valence-corrected chi connectivity index (χ2v) is 9.63. The van der Waals surface area contributed by atoms with Crippen LogP contribution in [-0.4, -0.2) is 54.8 Å². The third-order valence-electron chi connectivity index (χ3n) is 5.25. The van der Waals surface area contributed by atoms with Crippen molar-refractivity contribution >= 4 is 15.9 Å². The van der Waals surface area contributed by atoms with Gasteiger partial charge in [-0.15, -0.1) is 0 Å². The number of nitrogens with zero attached hydrogens (tertiary/aromatic N) is 2. The van der Waals surface area contributed by atoms with E-state index in [1.54, 1.807) is 4.90 Å². The number of carbonyl (C=O) groups is 1. The van der Waals surface area contributed by atoms with E-state index in [0.717, 1.165) is 30.5 Å². The van der Waals surface area contributed by atoms with Crippen molar-refractivity contribution in [3.63, 3.8) is 0 Å². The summed E-state index contributed by atoms with van der Waals surface area (Å²) in [7, 11) is -2.29. The summed E-state index contributed by atoms with van der Waals surface area (Å²) in [4.78, 5) is 14.5. The van der Waals surface area contributed by atoms with Crippen molar-refractivity contribution in [3.05, 3.63) is 66.0 Å². The SMILES string of the molecule is CN(CCCC(=O)N(C[C@H](O)c1ccccc1)C1CC1)S(=O)(=O)c1ccc(F)cc1. The van der Waals surface area contributed by atoms with Crippen molar-refractivity contribution < 1.29 is 22.7 Å². The average molecular weight is 435 g/mol. The summed E-state index contributed by atoms with van der Waals surface area (Å²) in [6, 6.07) is 14.0. The molecule has 6 nitrogen and oxygen atoms in total. The van der Waals surface area contributed by atoms with Crippen LogP contribution in [0.3, 0.4) is 0 Å². The van der Waals surface area contributed by atoms with Crippen LogP contribution in [0.4, 0.5) is 4.39 Å². The highest BCUT2D eigenvalue weighted by atomic mass is 32.2. The maximum Gasteiger partial charge on any atom is 0.242 e. The fraction of sp³-hybridized carbons (Fsp3) is 0.409. The predicted molar refractivity (Wildman–Crippen MR) is 112 cm³/mol. The molecule has 0 unspecified atom stereocenters. The zero-order valence-corrected chi connectivity index (χ0v) is 17.8. The van der Waals surface area contributed by atoms with E-state index in [2.05, 4.69) is 0 Å². The Kier molecular flexibility index (Phi) is 7.23. The van der Waals surface area contributed by atoms with Crippen LogP contribution in [0.25, 0.3) is 0 Å². The van der Waals surface area contributed by atoms with E-state index < -0.39 is 21.9 Å². The third-order valence-corrected chi connectivity index (χ3v) is 7.12. The van der Waals surface area contributed by atoms with Gasteiger partial charge in [0.1, 0.15) is 5.82 Å². The highest BCUT2D eigenvalue weighted by Gasteiger charge is 2.33. The summed E-state index contributed by atoms with van der Waals surface area (Å²) < 4.78 is 39.3. The normalized spacial score (nSPS) is 15.2. The van der Waals surface area contributed by atoms with Gasteiger partial charge in [0.15, 0.2) is 0 Å². The van der Waals surface area contributed by atoms with Gasteiger partial charge in [0, 0.05) is 26.1 Å². The number of amides is 1. The predicted octanol–water partition coefficient (Wildman–Crippen LogP) is 2.95. The van der Waals surface area contributed by atoms with Crippen LogP contribution >= 0.6 is 0 Å². The van der Waals surface area contributed by atoms with E-state index in [1.807, 2.05) is 30.3 Å². The molecule has 162 valence electrons. The van der Waals surface area contributed by atoms with Gasteiger partial charge in [-0.3, -0.25) is 4.79 Å². The second-order valence-electron chi connectivity index (χ2n) is 7.59. The number of aliphatic hydroxyl groups excluding tert-OH is 1. The molecular weight excluding hydrogens is 407 g/mol. The topological polar surface area (TPSA) is 77.9 Å². The van der Waals surface area contributed by atoms with Gasteiger partial charge in [0.2, 0.25) is 15.9 Å². The highest BCUT2D eigenvalue weighted by molar-refractivity contribution is 7.89. The largest absolute Gasteiger partial charge is 0.387 e. The lowest BCUT2D eigenvalue weighted by Gasteiger charge is -2.26. The van der Waals surface area contributed by atoms with E-state index in [9.17, 15) is 22.7 Å². The minimum atomic E-state index is -3.73. The second kappa shape index (κ2) is 9.68. The Bertz CT molecular complexity index is 947. The van der Waals surface area contributed by atoms with Gasteiger partial charge in [-0.1, -0.05) is 30.3 Å². The number of halogens is 1. The van der Waals surface area contributed by atoms with Gasteiger partial charge in [-0.2, -0.15) is 0 Å². The Balaban J connectivity index is 1.53. The Morgan fingerprint density at radius 3 is 2.37 bits per heavy atom. The molecule has 0 radical (unpaired) electrons. The van der Waals surface area contributed by atoms with Crippen molar-refractivity contribution in [2.75, 3.05) is 20.1 Å². The minimum absolute atomic E-state index is 0.0170. The molecule has 0 bridgehead atoms. The average Bonchev–Trinajstić information content (AvgIpc) is 3.57. The molecule has 1 N–H and O–H groups in total. The molecule has 8 heteroatoms. The maximum atomic E-state index is 13.0. The molecule has 0 aliphatic heterocycles. The van der Waals surface area contributed by atoms with Gasteiger partial charge in [0.05, 0.1) is 17.5 Å². The molecule has 0 saturated heterocycles. The Hall–Kier alpha value is -2.29. The Morgan fingerprint density at radius 2 is 1.77 bits per heavy atom. The van der Waals surface area contributed by atoms with Crippen LogP contribution in [0.1, 0.15) is 37.4 Å². The van der Waals surface area contributed by atoms with Crippen LogP contribution in [0.15, 0.2) is 59.5 Å². The van der Waals surface area contributed by atoms with Crippen LogP contribution in [0.5, 0.6) is 0 Å². The summed E-state index contributed by atoms with van der Waals surface area (Å²) in [6.45, 7) is 0.405. The molecule has 1 aliphatic rings. The quantitative estimate of drug-likeness (QED) is 0.624. The number of sulfonamides is 1.